The van der Waals surface area contributed by atoms with Crippen LogP contribution in [0.3, 0.4) is 0 Å². The number of benzene rings is 3. The maximum absolute atomic E-state index is 13.2. The summed E-state index contributed by atoms with van der Waals surface area (Å²) < 4.78 is 5.96. The van der Waals surface area contributed by atoms with Crippen LogP contribution in [0.2, 0.25) is 0 Å². The Morgan fingerprint density at radius 1 is 0.806 bits per heavy atom. The number of amides is 2. The number of carbonyl (C=O) groups is 3. The number of esters is 1. The van der Waals surface area contributed by atoms with Crippen molar-refractivity contribution in [1.82, 2.24) is 4.90 Å². The van der Waals surface area contributed by atoms with E-state index in [1.54, 1.807) is 24.3 Å². The highest BCUT2D eigenvalue weighted by atomic mass is 16.5. The topological polar surface area (TPSA) is 66.9 Å². The number of imide groups is 1. The summed E-state index contributed by atoms with van der Waals surface area (Å²) in [5, 5.41) is 0. The fourth-order valence-electron chi connectivity index (χ4n) is 7.22. The lowest BCUT2D eigenvalue weighted by Crippen LogP contribution is -2.66. The highest BCUT2D eigenvalue weighted by molar-refractivity contribution is 6.21. The molecule has 0 N–H and O–H groups in total. The minimum atomic E-state index is -0.515. The van der Waals surface area contributed by atoms with Gasteiger partial charge in [0.25, 0.3) is 11.8 Å². The van der Waals surface area contributed by atoms with Crippen LogP contribution in [0, 0.1) is 5.92 Å². The molecule has 1 aliphatic carbocycles. The summed E-state index contributed by atoms with van der Waals surface area (Å²) in [6.07, 6.45) is 1.90. The monoisotopic (exact) mass is 478 g/mol. The lowest BCUT2D eigenvalue weighted by Gasteiger charge is -2.54. The van der Waals surface area contributed by atoms with Crippen molar-refractivity contribution in [1.29, 1.82) is 0 Å². The second kappa shape index (κ2) is 7.79. The van der Waals surface area contributed by atoms with Crippen molar-refractivity contribution in [3.63, 3.8) is 0 Å². The van der Waals surface area contributed by atoms with Crippen LogP contribution in [0.25, 0.3) is 0 Å². The van der Waals surface area contributed by atoms with E-state index in [4.69, 9.17) is 4.74 Å². The number of anilines is 1. The van der Waals surface area contributed by atoms with E-state index in [0.29, 0.717) is 24.1 Å². The Kier molecular flexibility index (Phi) is 4.62. The van der Waals surface area contributed by atoms with Gasteiger partial charge in [-0.3, -0.25) is 19.3 Å². The minimum absolute atomic E-state index is 0.0401. The fraction of sp³-hybridized carbons (Fsp3) is 0.300. The molecule has 3 aromatic carbocycles. The van der Waals surface area contributed by atoms with Crippen LogP contribution in [0.4, 0.5) is 5.69 Å². The molecule has 36 heavy (non-hydrogen) atoms. The van der Waals surface area contributed by atoms with Crippen LogP contribution in [-0.4, -0.2) is 41.4 Å². The number of hydrogen-bond acceptors (Lipinski definition) is 5. The summed E-state index contributed by atoms with van der Waals surface area (Å²) in [7, 11) is 0. The normalized spacial score (nSPS) is 27.7. The van der Waals surface area contributed by atoms with E-state index in [0.717, 1.165) is 24.1 Å². The maximum Gasteiger partial charge on any atom is 0.310 e. The van der Waals surface area contributed by atoms with Gasteiger partial charge in [-0.2, -0.15) is 0 Å². The van der Waals surface area contributed by atoms with E-state index >= 15 is 0 Å². The lowest BCUT2D eigenvalue weighted by molar-refractivity contribution is -0.180. The zero-order valence-corrected chi connectivity index (χ0v) is 19.8. The Balaban J connectivity index is 1.30. The Labute approximate surface area is 209 Å². The first-order valence-corrected chi connectivity index (χ1v) is 12.7. The summed E-state index contributed by atoms with van der Waals surface area (Å²) in [5.41, 5.74) is 3.84. The van der Waals surface area contributed by atoms with E-state index in [-0.39, 0.29) is 42.4 Å². The van der Waals surface area contributed by atoms with Crippen molar-refractivity contribution < 1.29 is 19.1 Å². The number of fused-ring (bicyclic) bond motifs is 4. The molecule has 4 aliphatic heterocycles. The van der Waals surface area contributed by atoms with Crippen molar-refractivity contribution >= 4 is 23.5 Å². The van der Waals surface area contributed by atoms with Crippen LogP contribution in [0.5, 0.6) is 0 Å². The maximum atomic E-state index is 13.2. The largest absolute Gasteiger partial charge is 0.460 e. The molecule has 1 saturated carbocycles. The molecule has 2 amide bonds. The summed E-state index contributed by atoms with van der Waals surface area (Å²) in [4.78, 5) is 43.3. The second-order valence-corrected chi connectivity index (χ2v) is 10.3. The summed E-state index contributed by atoms with van der Waals surface area (Å²) in [6, 6.07) is 25.6. The number of para-hydroxylation sites is 1. The van der Waals surface area contributed by atoms with Crippen molar-refractivity contribution in [2.24, 2.45) is 5.92 Å². The zero-order valence-electron chi connectivity index (χ0n) is 19.8. The quantitative estimate of drug-likeness (QED) is 0.403. The molecule has 3 fully saturated rings. The zero-order chi connectivity index (χ0) is 24.4. The molecule has 8 rings (SSSR count). The molecule has 5 aliphatic rings. The minimum Gasteiger partial charge on any atom is -0.460 e. The van der Waals surface area contributed by atoms with Gasteiger partial charge in [-0.1, -0.05) is 60.7 Å². The van der Waals surface area contributed by atoms with E-state index in [9.17, 15) is 14.4 Å². The number of carbonyl (C=O) groups excluding carboxylic acids is 3. The number of ether oxygens (including phenoxy) is 1. The van der Waals surface area contributed by atoms with Gasteiger partial charge in [0.1, 0.15) is 6.10 Å². The standard InChI is InChI=1S/C30H26N2O4/c33-27-20-10-4-5-11-21(20)28(34)31(27)17-16-30-22-12-6-7-13-24(22)32(18-19-8-2-1-3-9-19)26(30)25-15-14-23(30)29(35)36-25/h1-13,23,25-26H,14-18H2/t23-,25-,26+,30-/m1/s1. The van der Waals surface area contributed by atoms with Gasteiger partial charge in [0.15, 0.2) is 0 Å². The highest BCUT2D eigenvalue weighted by Crippen LogP contribution is 2.60. The van der Waals surface area contributed by atoms with Gasteiger partial charge in [0.2, 0.25) is 0 Å². The molecule has 0 spiro atoms. The Morgan fingerprint density at radius 2 is 1.47 bits per heavy atom. The third-order valence-electron chi connectivity index (χ3n) is 8.67. The third-order valence-corrected chi connectivity index (χ3v) is 8.67. The predicted molar refractivity (Wildman–Crippen MR) is 134 cm³/mol. The summed E-state index contributed by atoms with van der Waals surface area (Å²) in [6.45, 7) is 0.977. The number of rotatable bonds is 5. The third kappa shape index (κ3) is 2.81. The van der Waals surface area contributed by atoms with Crippen LogP contribution in [-0.2, 0) is 21.5 Å². The predicted octanol–water partition coefficient (Wildman–Crippen LogP) is 4.33. The molecule has 6 nitrogen and oxygen atoms in total. The molecule has 3 aromatic rings. The van der Waals surface area contributed by atoms with Crippen LogP contribution in [0.15, 0.2) is 78.9 Å². The van der Waals surface area contributed by atoms with Crippen LogP contribution in [0.1, 0.15) is 51.1 Å². The summed E-state index contributed by atoms with van der Waals surface area (Å²) in [5.74, 6) is -0.954. The molecule has 2 saturated heterocycles. The van der Waals surface area contributed by atoms with Gasteiger partial charge in [-0.25, -0.2) is 0 Å². The molecular formula is C30H26N2O4. The smallest absolute Gasteiger partial charge is 0.310 e. The number of nitrogens with zero attached hydrogens (tertiary/aromatic N) is 2. The second-order valence-electron chi connectivity index (χ2n) is 10.3. The van der Waals surface area contributed by atoms with Crippen molar-refractivity contribution in [2.75, 3.05) is 11.4 Å². The number of hydrogen-bond donors (Lipinski definition) is 0. The molecule has 0 aromatic heterocycles. The highest BCUT2D eigenvalue weighted by Gasteiger charge is 2.66. The van der Waals surface area contributed by atoms with Crippen molar-refractivity contribution in [3.05, 3.63) is 101 Å². The molecule has 180 valence electrons. The van der Waals surface area contributed by atoms with Crippen molar-refractivity contribution in [2.45, 2.75) is 43.4 Å². The SMILES string of the molecule is O=C1O[C@@H]2CC[C@H]1[C@@]1(CCN3C(=O)c4ccccc4C3=O)c3ccccc3N(Cc3ccccc3)[C@@H]21. The van der Waals surface area contributed by atoms with Crippen molar-refractivity contribution in [3.8, 4) is 0 Å². The van der Waals surface area contributed by atoms with Gasteiger partial charge in [0.05, 0.1) is 23.1 Å². The average Bonchev–Trinajstić information content (AvgIpc) is 3.34. The van der Waals surface area contributed by atoms with Gasteiger partial charge >= 0.3 is 5.97 Å². The fourth-order valence-corrected chi connectivity index (χ4v) is 7.22. The van der Waals surface area contributed by atoms with Gasteiger partial charge in [-0.15, -0.1) is 0 Å². The van der Waals surface area contributed by atoms with Gasteiger partial charge in [0, 0.05) is 24.2 Å². The van der Waals surface area contributed by atoms with E-state index in [1.165, 1.54) is 10.5 Å². The molecule has 0 unspecified atom stereocenters. The van der Waals surface area contributed by atoms with Crippen LogP contribution >= 0.6 is 0 Å². The Hall–Kier alpha value is -3.93. The average molecular weight is 479 g/mol. The Morgan fingerprint density at radius 3 is 2.19 bits per heavy atom. The van der Waals surface area contributed by atoms with Gasteiger partial charge in [-0.05, 0) is 48.6 Å². The molecule has 4 atom stereocenters. The Bertz CT molecular complexity index is 1370. The molecular weight excluding hydrogens is 452 g/mol. The molecule has 2 bridgehead atoms. The molecule has 6 heteroatoms. The first kappa shape index (κ1) is 21.4. The summed E-state index contributed by atoms with van der Waals surface area (Å²) >= 11 is 0. The van der Waals surface area contributed by atoms with E-state index < -0.39 is 5.41 Å². The van der Waals surface area contributed by atoms with Crippen LogP contribution < -0.4 is 4.90 Å². The van der Waals surface area contributed by atoms with E-state index in [2.05, 4.69) is 29.2 Å². The first-order valence-electron chi connectivity index (χ1n) is 12.7. The molecule has 0 radical (unpaired) electrons. The van der Waals surface area contributed by atoms with Gasteiger partial charge < -0.3 is 9.64 Å². The first-order chi connectivity index (χ1) is 17.6. The lowest BCUT2D eigenvalue weighted by atomic mass is 9.57. The van der Waals surface area contributed by atoms with E-state index in [1.807, 2.05) is 30.3 Å². The molecule has 4 heterocycles.